The Morgan fingerprint density at radius 2 is 0.787 bits per heavy atom. The Balaban J connectivity index is 1.10. The highest BCUT2D eigenvalue weighted by Crippen LogP contribution is 2.44. The van der Waals surface area contributed by atoms with Gasteiger partial charge in [-0.15, -0.1) is 0 Å². The largest absolute Gasteiger partial charge is 0.231 e. The molecule has 3 aromatic heterocycles. The number of pyridine rings is 1. The van der Waals surface area contributed by atoms with Gasteiger partial charge in [-0.2, -0.15) is 5.10 Å². The van der Waals surface area contributed by atoms with E-state index in [1.165, 1.54) is 0 Å². The van der Waals surface area contributed by atoms with Crippen LogP contribution in [0.5, 0.6) is 0 Å². The third-order valence-corrected chi connectivity index (χ3v) is 11.4. The lowest BCUT2D eigenvalue weighted by molar-refractivity contribution is 0.980. The second-order valence-corrected chi connectivity index (χ2v) is 15.2. The summed E-state index contributed by atoms with van der Waals surface area (Å²) in [5.41, 5.74) is 16.8. The van der Waals surface area contributed by atoms with Crippen LogP contribution in [0.15, 0.2) is 231 Å². The van der Waals surface area contributed by atoms with E-state index in [9.17, 15) is 0 Å². The quantitative estimate of drug-likeness (QED) is 0.154. The Morgan fingerprint density at radius 1 is 0.328 bits per heavy atom. The molecule has 0 radical (unpaired) electrons. The summed E-state index contributed by atoms with van der Waals surface area (Å²) in [6.45, 7) is 0. The third kappa shape index (κ3) is 6.76. The molecule has 4 nitrogen and oxygen atoms in total. The maximum absolute atomic E-state index is 5.48. The molecular formula is C57H38N4. The van der Waals surface area contributed by atoms with Crippen molar-refractivity contribution in [3.05, 3.63) is 231 Å². The van der Waals surface area contributed by atoms with Gasteiger partial charge in [0.2, 0.25) is 0 Å². The van der Waals surface area contributed by atoms with Crippen molar-refractivity contribution in [3.63, 3.8) is 0 Å². The number of fused-ring (bicyclic) bond motifs is 3. The van der Waals surface area contributed by atoms with Gasteiger partial charge in [-0.25, -0.2) is 14.5 Å². The Kier molecular flexibility index (Phi) is 9.14. The standard InChI is InChI=1S/C57H38N4/c1-6-19-39(20-7-1)50-38-51(40-21-8-2-9-22-40)59-57(58-50)48-33-17-30-45(36-48)44-29-16-31-46(35-44)49-34-18-32-47-37-52(41-23-10-3-11-24-41)61-56(53(47)49)54(42-25-12-4-13-26-42)55(60-61)43-27-14-5-15-28-43/h1-38H. The Morgan fingerprint density at radius 3 is 1.38 bits per heavy atom. The van der Waals surface area contributed by atoms with Crippen molar-refractivity contribution in [2.24, 2.45) is 0 Å². The fraction of sp³-hybridized carbons (Fsp3) is 0. The zero-order chi connectivity index (χ0) is 40.5. The van der Waals surface area contributed by atoms with Crippen molar-refractivity contribution >= 4 is 16.3 Å². The van der Waals surface area contributed by atoms with Gasteiger partial charge in [0.25, 0.3) is 0 Å². The van der Waals surface area contributed by atoms with Gasteiger partial charge in [0.05, 0.1) is 22.6 Å². The maximum Gasteiger partial charge on any atom is 0.160 e. The molecule has 0 atom stereocenters. The summed E-state index contributed by atoms with van der Waals surface area (Å²) in [6.07, 6.45) is 0. The summed E-state index contributed by atoms with van der Waals surface area (Å²) in [4.78, 5) is 10.3. The topological polar surface area (TPSA) is 43.1 Å². The molecule has 0 bridgehead atoms. The lowest BCUT2D eigenvalue weighted by Gasteiger charge is -2.15. The fourth-order valence-electron chi connectivity index (χ4n) is 8.51. The van der Waals surface area contributed by atoms with Gasteiger partial charge < -0.3 is 0 Å². The van der Waals surface area contributed by atoms with Crippen molar-refractivity contribution in [2.45, 2.75) is 0 Å². The number of hydrogen-bond donors (Lipinski definition) is 0. The average molecular weight is 779 g/mol. The molecule has 0 unspecified atom stereocenters. The molecule has 0 aliphatic carbocycles. The number of aromatic nitrogens is 4. The molecule has 0 amide bonds. The van der Waals surface area contributed by atoms with Gasteiger partial charge in [0, 0.05) is 38.8 Å². The predicted octanol–water partition coefficient (Wildman–Crippen LogP) is 14.6. The summed E-state index contributed by atoms with van der Waals surface area (Å²) in [5.74, 6) is 0.687. The van der Waals surface area contributed by atoms with E-state index in [4.69, 9.17) is 15.1 Å². The molecule has 0 saturated heterocycles. The molecule has 0 fully saturated rings. The van der Waals surface area contributed by atoms with E-state index in [0.29, 0.717) is 5.82 Å². The minimum atomic E-state index is 0.687. The third-order valence-electron chi connectivity index (χ3n) is 11.4. The molecule has 0 aliphatic rings. The zero-order valence-corrected chi connectivity index (χ0v) is 33.2. The van der Waals surface area contributed by atoms with Crippen LogP contribution in [-0.2, 0) is 0 Å². The van der Waals surface area contributed by atoms with Crippen molar-refractivity contribution in [3.8, 4) is 89.8 Å². The van der Waals surface area contributed by atoms with Crippen LogP contribution in [0, 0.1) is 0 Å². The summed E-state index contributed by atoms with van der Waals surface area (Å²) < 4.78 is 2.17. The van der Waals surface area contributed by atoms with E-state index in [1.54, 1.807) is 0 Å². The van der Waals surface area contributed by atoms with E-state index in [1.807, 2.05) is 36.4 Å². The molecule has 11 aromatic rings. The lowest BCUT2D eigenvalue weighted by Crippen LogP contribution is -1.97. The van der Waals surface area contributed by atoms with E-state index >= 15 is 0 Å². The van der Waals surface area contributed by atoms with Crippen LogP contribution in [0.2, 0.25) is 0 Å². The molecule has 0 saturated carbocycles. The minimum absolute atomic E-state index is 0.687. The van der Waals surface area contributed by atoms with Crippen LogP contribution in [0.4, 0.5) is 0 Å². The van der Waals surface area contributed by atoms with E-state index < -0.39 is 0 Å². The first-order chi connectivity index (χ1) is 30.2. The van der Waals surface area contributed by atoms with Crippen LogP contribution in [0.3, 0.4) is 0 Å². The predicted molar refractivity (Wildman–Crippen MR) is 252 cm³/mol. The first-order valence-corrected chi connectivity index (χ1v) is 20.6. The van der Waals surface area contributed by atoms with Gasteiger partial charge >= 0.3 is 0 Å². The van der Waals surface area contributed by atoms with Crippen LogP contribution in [0.1, 0.15) is 0 Å². The van der Waals surface area contributed by atoms with Crippen LogP contribution >= 0.6 is 0 Å². The molecule has 61 heavy (non-hydrogen) atoms. The monoisotopic (exact) mass is 778 g/mol. The summed E-state index contributed by atoms with van der Waals surface area (Å²) >= 11 is 0. The number of hydrogen-bond acceptors (Lipinski definition) is 3. The van der Waals surface area contributed by atoms with Gasteiger partial charge in [-0.3, -0.25) is 0 Å². The fourth-order valence-corrected chi connectivity index (χ4v) is 8.51. The number of nitrogens with zero attached hydrogens (tertiary/aromatic N) is 4. The SMILES string of the molecule is c1ccc(-c2cc(-c3ccccc3)nc(-c3cccc(-c4cccc(-c5cccc6cc(-c7ccccc7)n7nc(-c8ccccc8)c(-c8ccccc8)c7c56)c4)c3)n2)cc1. The number of benzene rings is 8. The molecule has 0 aliphatic heterocycles. The normalized spacial score (nSPS) is 11.3. The second-order valence-electron chi connectivity index (χ2n) is 15.2. The molecule has 3 heterocycles. The highest BCUT2D eigenvalue weighted by Gasteiger charge is 2.23. The van der Waals surface area contributed by atoms with Crippen molar-refractivity contribution < 1.29 is 0 Å². The molecule has 8 aromatic carbocycles. The summed E-state index contributed by atoms with van der Waals surface area (Å²) in [7, 11) is 0. The van der Waals surface area contributed by atoms with Gasteiger partial charge in [0.1, 0.15) is 5.69 Å². The second kappa shape index (κ2) is 15.5. The van der Waals surface area contributed by atoms with Crippen LogP contribution in [-0.4, -0.2) is 19.6 Å². The Labute approximate surface area is 354 Å². The van der Waals surface area contributed by atoms with Gasteiger partial charge in [-0.05, 0) is 57.5 Å². The summed E-state index contributed by atoms with van der Waals surface area (Å²) in [6, 6.07) is 81.0. The zero-order valence-electron chi connectivity index (χ0n) is 33.2. The Bertz CT molecular complexity index is 3270. The maximum atomic E-state index is 5.48. The minimum Gasteiger partial charge on any atom is -0.231 e. The molecule has 0 spiro atoms. The molecule has 4 heteroatoms. The lowest BCUT2D eigenvalue weighted by atomic mass is 9.91. The van der Waals surface area contributed by atoms with Gasteiger partial charge in [0.15, 0.2) is 5.82 Å². The van der Waals surface area contributed by atoms with Crippen LogP contribution in [0.25, 0.3) is 106 Å². The average Bonchev–Trinajstić information content (AvgIpc) is 3.76. The van der Waals surface area contributed by atoms with E-state index in [2.05, 4.69) is 199 Å². The highest BCUT2D eigenvalue weighted by molar-refractivity contribution is 6.14. The van der Waals surface area contributed by atoms with Crippen LogP contribution < -0.4 is 0 Å². The molecule has 286 valence electrons. The van der Waals surface area contributed by atoms with Gasteiger partial charge in [-0.1, -0.05) is 206 Å². The first-order valence-electron chi connectivity index (χ1n) is 20.6. The first kappa shape index (κ1) is 35.9. The van der Waals surface area contributed by atoms with E-state index in [-0.39, 0.29) is 0 Å². The molecule has 11 rings (SSSR count). The number of rotatable bonds is 8. The molecular weight excluding hydrogens is 741 g/mol. The smallest absolute Gasteiger partial charge is 0.160 e. The van der Waals surface area contributed by atoms with Crippen molar-refractivity contribution in [2.75, 3.05) is 0 Å². The van der Waals surface area contributed by atoms with E-state index in [0.717, 1.165) is 100 Å². The summed E-state index contributed by atoms with van der Waals surface area (Å²) in [5, 5.41) is 7.78. The Hall–Kier alpha value is -8.21. The van der Waals surface area contributed by atoms with Crippen molar-refractivity contribution in [1.82, 2.24) is 19.6 Å². The van der Waals surface area contributed by atoms with Crippen molar-refractivity contribution in [1.29, 1.82) is 0 Å². The molecule has 0 N–H and O–H groups in total. The highest BCUT2D eigenvalue weighted by atomic mass is 15.2.